The topological polar surface area (TPSA) is 104 Å². The molecule has 1 aromatic heterocycles. The van der Waals surface area contributed by atoms with E-state index in [-0.39, 0.29) is 23.3 Å². The number of ether oxygens (including phenoxy) is 1. The first-order chi connectivity index (χ1) is 16.5. The number of aliphatic imine (C=N–C) groups is 1. The molecule has 0 saturated carbocycles. The second kappa shape index (κ2) is 10.4. The van der Waals surface area contributed by atoms with Gasteiger partial charge in [-0.2, -0.15) is 0 Å². The third kappa shape index (κ3) is 5.92. The Labute approximate surface area is 198 Å². The number of aliphatic hydroxyl groups is 2. The second-order valence-corrected chi connectivity index (χ2v) is 7.91. The third-order valence-electron chi connectivity index (χ3n) is 5.59. The summed E-state index contributed by atoms with van der Waals surface area (Å²) in [7, 11) is 0. The van der Waals surface area contributed by atoms with Crippen molar-refractivity contribution in [2.45, 2.75) is 44.4 Å². The molecule has 3 rings (SSSR count). The Morgan fingerprint density at radius 1 is 1.31 bits per heavy atom. The van der Waals surface area contributed by atoms with Gasteiger partial charge in [-0.15, -0.1) is 13.2 Å². The molecule has 0 saturated heterocycles. The summed E-state index contributed by atoms with van der Waals surface area (Å²) in [6.07, 6.45) is -1.33. The van der Waals surface area contributed by atoms with Crippen LogP contribution < -0.4 is 10.1 Å². The quantitative estimate of drug-likeness (QED) is 0.180. The molecule has 1 atom stereocenters. The number of halogens is 4. The SMILES string of the molecule is C=NC(=CC=C(C)C(O)O)C(=O)NC1(c2ccc(OC(F)(F)F)c(F)c2)CCCc2cccnc21. The van der Waals surface area contributed by atoms with Crippen LogP contribution in [0.4, 0.5) is 17.6 Å². The molecule has 0 spiro atoms. The zero-order valence-electron chi connectivity index (χ0n) is 18.6. The predicted molar refractivity (Wildman–Crippen MR) is 119 cm³/mol. The lowest BCUT2D eigenvalue weighted by atomic mass is 9.75. The van der Waals surface area contributed by atoms with Crippen molar-refractivity contribution in [2.24, 2.45) is 4.99 Å². The van der Waals surface area contributed by atoms with Crippen molar-refractivity contribution in [3.8, 4) is 5.75 Å². The average molecular weight is 493 g/mol. The molecule has 0 fully saturated rings. The molecule has 7 nitrogen and oxygen atoms in total. The largest absolute Gasteiger partial charge is 0.573 e. The van der Waals surface area contributed by atoms with Gasteiger partial charge in [-0.3, -0.25) is 14.8 Å². The van der Waals surface area contributed by atoms with Gasteiger partial charge < -0.3 is 20.3 Å². The van der Waals surface area contributed by atoms with Crippen LogP contribution in [0.15, 0.2) is 64.9 Å². The Morgan fingerprint density at radius 3 is 2.69 bits per heavy atom. The Balaban J connectivity index is 2.10. The van der Waals surface area contributed by atoms with Crippen molar-refractivity contribution >= 4 is 12.6 Å². The third-order valence-corrected chi connectivity index (χ3v) is 5.59. The van der Waals surface area contributed by atoms with Gasteiger partial charge in [0.1, 0.15) is 11.2 Å². The fraction of sp³-hybridized carbons (Fsp3) is 0.292. The number of hydrogen-bond acceptors (Lipinski definition) is 6. The zero-order chi connectivity index (χ0) is 25.8. The number of fused-ring (bicyclic) bond motifs is 1. The highest BCUT2D eigenvalue weighted by molar-refractivity contribution is 5.95. The number of amides is 1. The van der Waals surface area contributed by atoms with Gasteiger partial charge in [0.15, 0.2) is 17.9 Å². The lowest BCUT2D eigenvalue weighted by Gasteiger charge is -2.39. The number of aryl methyl sites for hydroxylation is 1. The van der Waals surface area contributed by atoms with Crippen molar-refractivity contribution in [1.82, 2.24) is 10.3 Å². The van der Waals surface area contributed by atoms with E-state index in [0.29, 0.717) is 18.5 Å². The highest BCUT2D eigenvalue weighted by Crippen LogP contribution is 2.41. The van der Waals surface area contributed by atoms with Gasteiger partial charge >= 0.3 is 6.36 Å². The number of benzene rings is 1. The molecule has 1 aliphatic carbocycles. The van der Waals surface area contributed by atoms with Crippen LogP contribution in [0.25, 0.3) is 0 Å². The Morgan fingerprint density at radius 2 is 2.06 bits per heavy atom. The maximum absolute atomic E-state index is 14.7. The summed E-state index contributed by atoms with van der Waals surface area (Å²) in [6.45, 7) is 4.79. The van der Waals surface area contributed by atoms with E-state index in [4.69, 9.17) is 0 Å². The number of aromatic nitrogens is 1. The number of alkyl halides is 3. The summed E-state index contributed by atoms with van der Waals surface area (Å²) in [4.78, 5) is 21.3. The van der Waals surface area contributed by atoms with Crippen LogP contribution in [0, 0.1) is 5.82 Å². The molecule has 0 bridgehead atoms. The first-order valence-electron chi connectivity index (χ1n) is 10.5. The number of nitrogens with zero attached hydrogens (tertiary/aromatic N) is 2. The number of allylic oxidation sites excluding steroid dienone is 2. The number of nitrogens with one attached hydrogen (secondary N) is 1. The molecule has 1 unspecified atom stereocenters. The fourth-order valence-electron chi connectivity index (χ4n) is 3.89. The monoisotopic (exact) mass is 493 g/mol. The van der Waals surface area contributed by atoms with Crippen LogP contribution in [0.3, 0.4) is 0 Å². The van der Waals surface area contributed by atoms with Gasteiger partial charge in [-0.25, -0.2) is 4.39 Å². The molecular formula is C24H23F4N3O4. The van der Waals surface area contributed by atoms with E-state index in [2.05, 4.69) is 26.7 Å². The van der Waals surface area contributed by atoms with Gasteiger partial charge in [0.25, 0.3) is 5.91 Å². The molecule has 1 aromatic carbocycles. The van der Waals surface area contributed by atoms with E-state index < -0.39 is 35.7 Å². The second-order valence-electron chi connectivity index (χ2n) is 7.91. The van der Waals surface area contributed by atoms with Gasteiger partial charge in [0.2, 0.25) is 0 Å². The summed E-state index contributed by atoms with van der Waals surface area (Å²) in [6, 6.07) is 6.48. The smallest absolute Gasteiger partial charge is 0.403 e. The number of pyridine rings is 1. The molecule has 1 aliphatic rings. The normalized spacial score (nSPS) is 18.7. The summed E-state index contributed by atoms with van der Waals surface area (Å²) in [5.41, 5.74) is -0.0532. The van der Waals surface area contributed by atoms with Gasteiger partial charge in [-0.1, -0.05) is 18.2 Å². The predicted octanol–water partition coefficient (Wildman–Crippen LogP) is 3.66. The highest BCUT2D eigenvalue weighted by Gasteiger charge is 2.42. The Kier molecular flexibility index (Phi) is 7.71. The van der Waals surface area contributed by atoms with E-state index >= 15 is 0 Å². The van der Waals surface area contributed by atoms with Crippen molar-refractivity contribution in [3.63, 3.8) is 0 Å². The molecule has 35 heavy (non-hydrogen) atoms. The van der Waals surface area contributed by atoms with Crippen LogP contribution in [0.1, 0.15) is 36.6 Å². The van der Waals surface area contributed by atoms with E-state index in [0.717, 1.165) is 17.7 Å². The van der Waals surface area contributed by atoms with Crippen LogP contribution in [0.2, 0.25) is 0 Å². The van der Waals surface area contributed by atoms with Crippen LogP contribution >= 0.6 is 0 Å². The lowest BCUT2D eigenvalue weighted by Crippen LogP contribution is -2.50. The first kappa shape index (κ1) is 26.0. The Hall–Kier alpha value is -3.57. The van der Waals surface area contributed by atoms with Crippen LogP contribution in [-0.4, -0.2) is 40.5 Å². The standard InChI is InChI=1S/C24H23F4N3O4/c1-14(22(33)34)7-9-18(29-2)21(32)31-23(11-3-5-15-6-4-12-30-20(15)23)16-8-10-19(17(25)13-16)35-24(26,27)28/h4,6-10,12-13,22,33-34H,2-3,5,11H2,1H3,(H,31,32). The van der Waals surface area contributed by atoms with Crippen LogP contribution in [0.5, 0.6) is 5.75 Å². The minimum absolute atomic E-state index is 0.140. The maximum Gasteiger partial charge on any atom is 0.573 e. The number of carbonyl (C=O) groups excluding carboxylic acids is 1. The number of aliphatic hydroxyl groups excluding tert-OH is 1. The van der Waals surface area contributed by atoms with Crippen molar-refractivity contribution in [3.05, 3.63) is 82.6 Å². The summed E-state index contributed by atoms with van der Waals surface area (Å²) in [5.74, 6) is -2.99. The first-order valence-corrected chi connectivity index (χ1v) is 10.5. The van der Waals surface area contributed by atoms with Gasteiger partial charge in [-0.05, 0) is 73.9 Å². The Bertz CT molecular complexity index is 1180. The maximum atomic E-state index is 14.7. The van der Waals surface area contributed by atoms with E-state index in [9.17, 15) is 32.6 Å². The lowest BCUT2D eigenvalue weighted by molar-refractivity contribution is -0.275. The van der Waals surface area contributed by atoms with Crippen molar-refractivity contribution < 1.29 is 37.3 Å². The highest BCUT2D eigenvalue weighted by atomic mass is 19.4. The van der Waals surface area contributed by atoms with Crippen molar-refractivity contribution in [2.75, 3.05) is 0 Å². The molecule has 0 aliphatic heterocycles. The molecule has 3 N–H and O–H groups in total. The molecule has 186 valence electrons. The number of hydrogen-bond donors (Lipinski definition) is 3. The zero-order valence-corrected chi connectivity index (χ0v) is 18.6. The van der Waals surface area contributed by atoms with E-state index in [1.165, 1.54) is 31.3 Å². The summed E-state index contributed by atoms with van der Waals surface area (Å²) < 4.78 is 56.2. The fourth-order valence-corrected chi connectivity index (χ4v) is 3.89. The minimum Gasteiger partial charge on any atom is -0.403 e. The van der Waals surface area contributed by atoms with Gasteiger partial charge in [0.05, 0.1) is 5.69 Å². The average Bonchev–Trinajstić information content (AvgIpc) is 2.80. The van der Waals surface area contributed by atoms with Crippen molar-refractivity contribution in [1.29, 1.82) is 0 Å². The molecule has 11 heteroatoms. The minimum atomic E-state index is -5.07. The van der Waals surface area contributed by atoms with E-state index in [1.54, 1.807) is 12.1 Å². The van der Waals surface area contributed by atoms with Gasteiger partial charge in [0, 0.05) is 6.20 Å². The number of rotatable bonds is 7. The molecule has 1 amide bonds. The molecule has 2 aromatic rings. The summed E-state index contributed by atoms with van der Waals surface area (Å²) in [5, 5.41) is 21.2. The van der Waals surface area contributed by atoms with Crippen LogP contribution in [-0.2, 0) is 16.8 Å². The summed E-state index contributed by atoms with van der Waals surface area (Å²) >= 11 is 0. The molecule has 1 heterocycles. The number of carbonyl (C=O) groups is 1. The molecule has 0 radical (unpaired) electrons. The molecular weight excluding hydrogens is 470 g/mol. The van der Waals surface area contributed by atoms with E-state index in [1.807, 2.05) is 0 Å².